The first-order valence-electron chi connectivity index (χ1n) is 29.0. The van der Waals surface area contributed by atoms with Crippen molar-refractivity contribution in [2.24, 2.45) is 0 Å². The number of hydrogen-bond donors (Lipinski definition) is 0. The van der Waals surface area contributed by atoms with Crippen LogP contribution in [-0.4, -0.2) is 113 Å². The van der Waals surface area contributed by atoms with E-state index in [0.29, 0.717) is 91.2 Å². The Labute approximate surface area is 541 Å². The minimum atomic E-state index is -0.927. The van der Waals surface area contributed by atoms with E-state index in [1.807, 2.05) is 0 Å². The molecule has 0 amide bonds. The van der Waals surface area contributed by atoms with Crippen molar-refractivity contribution in [2.75, 3.05) is 52.9 Å². The minimum absolute atomic E-state index is 0.0665. The summed E-state index contributed by atoms with van der Waals surface area (Å²) in [5.41, 5.74) is 2.12. The molecule has 24 nitrogen and oxygen atoms in total. The zero-order valence-corrected chi connectivity index (χ0v) is 51.5. The molecule has 6 rings (SSSR count). The first kappa shape index (κ1) is 72.9. The number of carbonyl (C=O) groups is 10. The van der Waals surface area contributed by atoms with Crippen LogP contribution in [0.5, 0.6) is 46.0 Å². The van der Waals surface area contributed by atoms with Crippen molar-refractivity contribution in [3.05, 3.63) is 217 Å². The summed E-state index contributed by atoms with van der Waals surface area (Å²) in [5, 5.41) is 0. The standard InChI is InChI=1S/C37H36O14.C33H32O10/c1-4-32(38)44-20-6-8-22-46-36(42)49-28-14-10-26(11-15-28)34(40)48-30-18-19-31(25(3)24-30)51-35(41)27-12-16-29(17-13-27)50-37(43)47-23-9-7-21-45-33(39)5-2;1-4-30(34)40-20-6-18-38-26-12-8-24(9-13-26)32(36)42-28-16-17-29(23(3)22-28)43-33(37)25-10-14-27(15-11-25)39-19-7-21-41-31(35)5-2/h4-5,10-19,24H,1-2,6-9,20-23H2,3H3;4-5,8-17,22H,1-2,6-7,18-21H2,3H3. The maximum atomic E-state index is 12.7. The monoisotopic (exact) mass is 1290 g/mol. The van der Waals surface area contributed by atoms with Gasteiger partial charge in [-0.15, -0.1) is 0 Å². The average molecular weight is 1290 g/mol. The third kappa shape index (κ3) is 27.1. The molecule has 0 spiro atoms. The molecule has 0 fully saturated rings. The van der Waals surface area contributed by atoms with Crippen molar-refractivity contribution in [3.8, 4) is 46.0 Å². The van der Waals surface area contributed by atoms with Crippen LogP contribution in [0.2, 0.25) is 0 Å². The summed E-state index contributed by atoms with van der Waals surface area (Å²) in [7, 11) is 0. The molecule has 0 aliphatic rings. The number of esters is 8. The fourth-order valence-corrected chi connectivity index (χ4v) is 7.34. The van der Waals surface area contributed by atoms with Crippen LogP contribution in [0.25, 0.3) is 0 Å². The summed E-state index contributed by atoms with van der Waals surface area (Å²) in [5.74, 6) is -2.04. The van der Waals surface area contributed by atoms with Gasteiger partial charge in [-0.2, -0.15) is 0 Å². The van der Waals surface area contributed by atoms with Crippen molar-refractivity contribution in [1.82, 2.24) is 0 Å². The number of aryl methyl sites for hydroxylation is 2. The molecule has 6 aromatic carbocycles. The smallest absolute Gasteiger partial charge is 0.493 e. The Bertz CT molecular complexity index is 3590. The van der Waals surface area contributed by atoms with Crippen LogP contribution in [0.4, 0.5) is 9.59 Å². The molecule has 6 aromatic rings. The maximum Gasteiger partial charge on any atom is 0.513 e. The fraction of sp³-hybridized carbons (Fsp3) is 0.229. The summed E-state index contributed by atoms with van der Waals surface area (Å²) in [4.78, 5) is 118. The van der Waals surface area contributed by atoms with E-state index >= 15 is 0 Å². The molecule has 0 heterocycles. The molecule has 0 N–H and O–H groups in total. The Morgan fingerprint density at radius 3 is 0.830 bits per heavy atom. The van der Waals surface area contributed by atoms with Gasteiger partial charge in [0.1, 0.15) is 46.0 Å². The molecule has 0 radical (unpaired) electrons. The SMILES string of the molecule is C=CC(=O)OCCCCOC(=O)Oc1ccc(C(=O)Oc2ccc(OC(=O)c3ccc(OC(=O)OCCCCOC(=O)C=C)cc3)c(C)c2)cc1.C=CC(=O)OCCCOc1ccc(C(=O)Oc2ccc(OC(=O)c3ccc(OCCCOC(=O)C=C)cc3)c(C)c2)cc1. The molecular weight excluding hydrogens is 1220 g/mol. The van der Waals surface area contributed by atoms with E-state index in [1.54, 1.807) is 74.5 Å². The first-order valence-corrected chi connectivity index (χ1v) is 29.0. The number of hydrogen-bond acceptors (Lipinski definition) is 24. The third-order valence-electron chi connectivity index (χ3n) is 12.2. The van der Waals surface area contributed by atoms with Crippen molar-refractivity contribution >= 4 is 60.1 Å². The van der Waals surface area contributed by atoms with Gasteiger partial charge in [0, 0.05) is 37.1 Å². The Hall–Kier alpha value is -11.8. The highest BCUT2D eigenvalue weighted by atomic mass is 16.7. The van der Waals surface area contributed by atoms with Gasteiger partial charge in [-0.1, -0.05) is 26.3 Å². The van der Waals surface area contributed by atoms with Gasteiger partial charge in [-0.05, 0) is 184 Å². The zero-order valence-electron chi connectivity index (χ0n) is 51.5. The lowest BCUT2D eigenvalue weighted by Crippen LogP contribution is -2.13. The van der Waals surface area contributed by atoms with Crippen LogP contribution in [0.3, 0.4) is 0 Å². The van der Waals surface area contributed by atoms with Gasteiger partial charge in [0.15, 0.2) is 0 Å². The number of unbranched alkanes of at least 4 members (excludes halogenated alkanes) is 2. The molecule has 492 valence electrons. The molecule has 94 heavy (non-hydrogen) atoms. The Morgan fingerprint density at radius 2 is 0.543 bits per heavy atom. The number of rotatable bonds is 34. The lowest BCUT2D eigenvalue weighted by Gasteiger charge is -2.11. The highest BCUT2D eigenvalue weighted by molar-refractivity contribution is 5.94. The van der Waals surface area contributed by atoms with Crippen molar-refractivity contribution in [1.29, 1.82) is 0 Å². The lowest BCUT2D eigenvalue weighted by molar-refractivity contribution is -0.138. The highest BCUT2D eigenvalue weighted by Crippen LogP contribution is 2.28. The normalized spacial score (nSPS) is 10.1. The van der Waals surface area contributed by atoms with E-state index in [-0.39, 0.29) is 79.5 Å². The van der Waals surface area contributed by atoms with Crippen molar-refractivity contribution in [3.63, 3.8) is 0 Å². The van der Waals surface area contributed by atoms with Gasteiger partial charge in [0.25, 0.3) is 0 Å². The molecule has 0 aliphatic carbocycles. The van der Waals surface area contributed by atoms with E-state index < -0.39 is 60.1 Å². The quantitative estimate of drug-likeness (QED) is 0.00905. The number of carbonyl (C=O) groups excluding carboxylic acids is 10. The van der Waals surface area contributed by atoms with Crippen LogP contribution in [0.1, 0.15) is 91.1 Å². The molecular formula is C70H68O24. The minimum Gasteiger partial charge on any atom is -0.493 e. The van der Waals surface area contributed by atoms with Gasteiger partial charge in [0.2, 0.25) is 0 Å². The zero-order chi connectivity index (χ0) is 68.0. The van der Waals surface area contributed by atoms with Gasteiger partial charge < -0.3 is 66.3 Å². The van der Waals surface area contributed by atoms with Crippen LogP contribution in [0, 0.1) is 13.8 Å². The van der Waals surface area contributed by atoms with E-state index in [2.05, 4.69) is 26.3 Å². The number of benzene rings is 6. The summed E-state index contributed by atoms with van der Waals surface area (Å²) >= 11 is 0. The highest BCUT2D eigenvalue weighted by Gasteiger charge is 2.18. The molecule has 0 saturated carbocycles. The molecule has 0 aromatic heterocycles. The largest absolute Gasteiger partial charge is 0.513 e. The Morgan fingerprint density at radius 1 is 0.287 bits per heavy atom. The van der Waals surface area contributed by atoms with Crippen LogP contribution < -0.4 is 37.9 Å². The van der Waals surface area contributed by atoms with Crippen molar-refractivity contribution in [2.45, 2.75) is 52.4 Å². The summed E-state index contributed by atoms with van der Waals surface area (Å²) < 4.78 is 72.6. The summed E-state index contributed by atoms with van der Waals surface area (Å²) in [6.07, 6.45) is 5.39. The molecule has 0 aliphatic heterocycles. The molecule has 0 unspecified atom stereocenters. The fourth-order valence-electron chi connectivity index (χ4n) is 7.34. The average Bonchev–Trinajstić information content (AvgIpc) is 1.00. The Balaban J connectivity index is 0.000000345. The van der Waals surface area contributed by atoms with Gasteiger partial charge in [-0.25, -0.2) is 47.9 Å². The predicted molar refractivity (Wildman–Crippen MR) is 335 cm³/mol. The van der Waals surface area contributed by atoms with Crippen LogP contribution in [0.15, 0.2) is 184 Å². The van der Waals surface area contributed by atoms with Crippen molar-refractivity contribution < 1.29 is 114 Å². The second-order valence-electron chi connectivity index (χ2n) is 19.2. The summed E-state index contributed by atoms with van der Waals surface area (Å²) in [6, 6.07) is 33.3. The van der Waals surface area contributed by atoms with Gasteiger partial charge >= 0.3 is 60.1 Å². The topological polar surface area (TPSA) is 300 Å². The molecule has 0 saturated heterocycles. The van der Waals surface area contributed by atoms with Crippen LogP contribution >= 0.6 is 0 Å². The predicted octanol–water partition coefficient (Wildman–Crippen LogP) is 11.9. The first-order chi connectivity index (χ1) is 45.4. The third-order valence-corrected chi connectivity index (χ3v) is 12.2. The van der Waals surface area contributed by atoms with Crippen LogP contribution in [-0.2, 0) is 47.6 Å². The van der Waals surface area contributed by atoms with E-state index in [4.69, 9.17) is 66.3 Å². The van der Waals surface area contributed by atoms with E-state index in [1.165, 1.54) is 72.8 Å². The second-order valence-corrected chi connectivity index (χ2v) is 19.2. The van der Waals surface area contributed by atoms with Gasteiger partial charge in [0.05, 0.1) is 75.1 Å². The number of ether oxygens (including phenoxy) is 14. The molecule has 0 bridgehead atoms. The maximum absolute atomic E-state index is 12.7. The lowest BCUT2D eigenvalue weighted by atomic mass is 10.2. The Kier molecular flexibility index (Phi) is 31.1. The summed E-state index contributed by atoms with van der Waals surface area (Å²) in [6.45, 7) is 18.2. The molecule has 24 heteroatoms. The second kappa shape index (κ2) is 40.0. The van der Waals surface area contributed by atoms with Gasteiger partial charge in [-0.3, -0.25) is 0 Å². The molecule has 0 atom stereocenters. The van der Waals surface area contributed by atoms with E-state index in [0.717, 1.165) is 24.3 Å². The van der Waals surface area contributed by atoms with E-state index in [9.17, 15) is 47.9 Å².